The van der Waals surface area contributed by atoms with Crippen LogP contribution < -0.4 is 0 Å². The van der Waals surface area contributed by atoms with Gasteiger partial charge in [-0.1, -0.05) is 32.1 Å². The maximum absolute atomic E-state index is 13.3. The third kappa shape index (κ3) is 10.4. The molecule has 3 aliphatic heterocycles. The summed E-state index contributed by atoms with van der Waals surface area (Å²) >= 11 is 0. The van der Waals surface area contributed by atoms with E-state index in [-0.39, 0.29) is 31.7 Å². The van der Waals surface area contributed by atoms with E-state index < -0.39 is 102 Å². The van der Waals surface area contributed by atoms with Crippen LogP contribution in [0.3, 0.4) is 0 Å². The van der Waals surface area contributed by atoms with Crippen molar-refractivity contribution in [3.8, 4) is 0 Å². The van der Waals surface area contributed by atoms with Gasteiger partial charge < -0.3 is 58.7 Å². The van der Waals surface area contributed by atoms with Crippen molar-refractivity contribution in [3.05, 3.63) is 24.3 Å². The van der Waals surface area contributed by atoms with Crippen LogP contribution in [0.25, 0.3) is 0 Å². The molecule has 0 saturated carbocycles. The van der Waals surface area contributed by atoms with Gasteiger partial charge in [0.15, 0.2) is 18.4 Å². The Bertz CT molecular complexity index is 1160. The van der Waals surface area contributed by atoms with Crippen molar-refractivity contribution in [2.75, 3.05) is 20.8 Å². The quantitative estimate of drug-likeness (QED) is 0.179. The Balaban J connectivity index is 1.85. The first-order valence-electron chi connectivity index (χ1n) is 17.6. The molecule has 0 aromatic carbocycles. The summed E-state index contributed by atoms with van der Waals surface area (Å²) < 4.78 is 40.9. The second-order valence-corrected chi connectivity index (χ2v) is 14.5. The molecule has 0 aliphatic carbocycles. The number of methoxy groups -OCH3 is 2. The largest absolute Gasteiger partial charge is 0.459 e. The van der Waals surface area contributed by atoms with Crippen molar-refractivity contribution in [2.45, 2.75) is 153 Å². The highest BCUT2D eigenvalue weighted by Crippen LogP contribution is 2.36. The lowest BCUT2D eigenvalue weighted by Crippen LogP contribution is -2.63. The number of esters is 1. The number of hydrogen-bond acceptors (Lipinski definition) is 14. The fourth-order valence-electron chi connectivity index (χ4n) is 7.08. The number of aliphatic hydroxyl groups is 5. The molecule has 288 valence electrons. The van der Waals surface area contributed by atoms with E-state index in [0.717, 1.165) is 0 Å². The number of allylic oxidation sites excluding steroid dienone is 1. The van der Waals surface area contributed by atoms with Gasteiger partial charge in [0.05, 0.1) is 31.0 Å². The molecule has 3 rings (SSSR count). The zero-order valence-corrected chi connectivity index (χ0v) is 30.8. The number of carbonyl (C=O) groups is 2. The number of cyclic esters (lactones) is 1. The molecule has 14 heteroatoms. The minimum atomic E-state index is -1.89. The number of aliphatic hydroxyl groups excluding tert-OH is 3. The Morgan fingerprint density at radius 3 is 2.20 bits per heavy atom. The highest BCUT2D eigenvalue weighted by atomic mass is 16.7. The van der Waals surface area contributed by atoms with Crippen LogP contribution >= 0.6 is 0 Å². The molecular weight excluding hydrogens is 656 g/mol. The van der Waals surface area contributed by atoms with Gasteiger partial charge in [-0.25, -0.2) is 4.79 Å². The molecule has 16 unspecified atom stereocenters. The average molecular weight is 717 g/mol. The van der Waals surface area contributed by atoms with E-state index >= 15 is 0 Å². The highest BCUT2D eigenvalue weighted by Gasteiger charge is 2.52. The van der Waals surface area contributed by atoms with Crippen molar-refractivity contribution < 1.29 is 68.3 Å². The molecule has 0 radical (unpaired) electrons. The number of carbonyl (C=O) groups excluding carboxylic acids is 2. The topological polar surface area (TPSA) is 200 Å². The first kappa shape index (κ1) is 42.6. The monoisotopic (exact) mass is 716 g/mol. The molecular formula is C36H60O14. The second-order valence-electron chi connectivity index (χ2n) is 14.5. The molecule has 5 N–H and O–H groups in total. The highest BCUT2D eigenvalue weighted by molar-refractivity contribution is 5.86. The van der Waals surface area contributed by atoms with Crippen LogP contribution in [0.2, 0.25) is 0 Å². The van der Waals surface area contributed by atoms with E-state index in [4.69, 9.17) is 33.2 Å². The molecule has 0 bridgehead atoms. The summed E-state index contributed by atoms with van der Waals surface area (Å²) in [6.45, 7) is 11.5. The Labute approximate surface area is 295 Å². The zero-order chi connectivity index (χ0) is 37.6. The minimum Gasteiger partial charge on any atom is -0.459 e. The minimum absolute atomic E-state index is 0.00692. The van der Waals surface area contributed by atoms with Gasteiger partial charge in [0.2, 0.25) is 0 Å². The fraction of sp³-hybridized carbons (Fsp3) is 0.833. The molecule has 3 heterocycles. The SMILES string of the molecule is COC1C(OCC2C=CCCC(=O)C(C)(O)CC(C)C(OC3OC(C)CC(O)(C(C)O)C3O)C(C)C=CC(=O)OC2C)OC(C)C(O)C1OC. The van der Waals surface area contributed by atoms with E-state index in [1.165, 1.54) is 34.1 Å². The standard InChI is InChI=1S/C36H60O14/c1-19-14-15-27(39)48-22(4)25(18-46-33-31(45-9)30(44-8)28(40)23(5)49-33)12-10-11-13-26(38)35(7,42)16-20(2)29(19)50-34-32(41)36(43,24(6)37)17-21(3)47-34/h10,12,14-15,19-25,28-34,37,40-43H,11,13,16-18H2,1-9H3. The van der Waals surface area contributed by atoms with Gasteiger partial charge in [0, 0.05) is 45.0 Å². The van der Waals surface area contributed by atoms with E-state index in [2.05, 4.69) is 0 Å². The lowest BCUT2D eigenvalue weighted by molar-refractivity contribution is -0.322. The average Bonchev–Trinajstić information content (AvgIpc) is 3.04. The summed E-state index contributed by atoms with van der Waals surface area (Å²) in [4.78, 5) is 26.4. The van der Waals surface area contributed by atoms with Crippen molar-refractivity contribution in [3.63, 3.8) is 0 Å². The Kier molecular flexibility index (Phi) is 15.6. The van der Waals surface area contributed by atoms with Gasteiger partial charge in [-0.05, 0) is 53.4 Å². The third-order valence-electron chi connectivity index (χ3n) is 10.3. The van der Waals surface area contributed by atoms with Crippen LogP contribution in [0.5, 0.6) is 0 Å². The molecule has 50 heavy (non-hydrogen) atoms. The molecule has 0 spiro atoms. The third-order valence-corrected chi connectivity index (χ3v) is 10.3. The lowest BCUT2D eigenvalue weighted by Gasteiger charge is -2.47. The Hall–Kier alpha value is -1.82. The molecule has 16 atom stereocenters. The number of Topliss-reactive ketones (excluding diaryl/α,β-unsaturated/α-hetero) is 1. The summed E-state index contributed by atoms with van der Waals surface area (Å²) in [5.41, 5.74) is -3.62. The second kappa shape index (κ2) is 18.3. The lowest BCUT2D eigenvalue weighted by atomic mass is 9.81. The van der Waals surface area contributed by atoms with Gasteiger partial charge in [0.25, 0.3) is 0 Å². The van der Waals surface area contributed by atoms with Gasteiger partial charge in [0.1, 0.15) is 41.7 Å². The first-order chi connectivity index (χ1) is 23.4. The van der Waals surface area contributed by atoms with Crippen molar-refractivity contribution in [1.29, 1.82) is 0 Å². The molecule has 0 aromatic rings. The summed E-state index contributed by atoms with van der Waals surface area (Å²) in [7, 11) is 2.93. The summed E-state index contributed by atoms with van der Waals surface area (Å²) in [5.74, 6) is -2.51. The number of rotatable bonds is 8. The summed E-state index contributed by atoms with van der Waals surface area (Å²) in [6.07, 6.45) is -3.41. The van der Waals surface area contributed by atoms with Gasteiger partial charge >= 0.3 is 5.97 Å². The normalized spacial score (nSPS) is 44.9. The zero-order valence-electron chi connectivity index (χ0n) is 30.8. The number of hydrogen-bond donors (Lipinski definition) is 5. The first-order valence-corrected chi connectivity index (χ1v) is 17.6. The van der Waals surface area contributed by atoms with Crippen LogP contribution in [-0.2, 0) is 42.7 Å². The van der Waals surface area contributed by atoms with Crippen molar-refractivity contribution in [2.24, 2.45) is 17.8 Å². The van der Waals surface area contributed by atoms with E-state index in [0.29, 0.717) is 6.42 Å². The van der Waals surface area contributed by atoms with Crippen molar-refractivity contribution in [1.82, 2.24) is 0 Å². The fourth-order valence-corrected chi connectivity index (χ4v) is 7.08. The molecule has 0 aromatic heterocycles. The van der Waals surface area contributed by atoms with Gasteiger partial charge in [-0.15, -0.1) is 0 Å². The van der Waals surface area contributed by atoms with Crippen LogP contribution in [0, 0.1) is 17.8 Å². The van der Waals surface area contributed by atoms with Gasteiger partial charge in [-0.3, -0.25) is 4.79 Å². The van der Waals surface area contributed by atoms with Gasteiger partial charge in [-0.2, -0.15) is 0 Å². The van der Waals surface area contributed by atoms with E-state index in [9.17, 15) is 35.1 Å². The van der Waals surface area contributed by atoms with Crippen LogP contribution in [0.15, 0.2) is 24.3 Å². The molecule has 2 saturated heterocycles. The predicted octanol–water partition coefficient (Wildman–Crippen LogP) is 1.57. The predicted molar refractivity (Wildman–Crippen MR) is 179 cm³/mol. The molecule has 2 fully saturated rings. The number of ether oxygens (including phenoxy) is 7. The smallest absolute Gasteiger partial charge is 0.330 e. The number of ketones is 1. The maximum Gasteiger partial charge on any atom is 0.330 e. The summed E-state index contributed by atoms with van der Waals surface area (Å²) in [5, 5.41) is 54.3. The molecule has 3 aliphatic rings. The maximum atomic E-state index is 13.3. The van der Waals surface area contributed by atoms with Crippen molar-refractivity contribution >= 4 is 11.8 Å². The Morgan fingerprint density at radius 1 is 0.920 bits per heavy atom. The van der Waals surface area contributed by atoms with E-state index in [1.54, 1.807) is 52.8 Å². The molecule has 14 nitrogen and oxygen atoms in total. The van der Waals surface area contributed by atoms with Crippen LogP contribution in [0.4, 0.5) is 0 Å². The molecule has 0 amide bonds. The Morgan fingerprint density at radius 2 is 1.58 bits per heavy atom. The van der Waals surface area contributed by atoms with E-state index in [1.807, 2.05) is 0 Å². The van der Waals surface area contributed by atoms with Crippen LogP contribution in [0.1, 0.15) is 74.1 Å². The van der Waals surface area contributed by atoms with Crippen LogP contribution in [-0.4, -0.2) is 137 Å². The summed E-state index contributed by atoms with van der Waals surface area (Å²) in [6, 6.07) is 0.